The molecular formula is C15H21N3O3S. The lowest BCUT2D eigenvalue weighted by Gasteiger charge is -2.12. The predicted molar refractivity (Wildman–Crippen MR) is 88.1 cm³/mol. The van der Waals surface area contributed by atoms with E-state index in [1.165, 1.54) is 0 Å². The fourth-order valence-electron chi connectivity index (χ4n) is 1.60. The number of benzene rings is 1. The van der Waals surface area contributed by atoms with Gasteiger partial charge in [-0.15, -0.1) is 0 Å². The lowest BCUT2D eigenvalue weighted by molar-refractivity contribution is -0.124. The van der Waals surface area contributed by atoms with Gasteiger partial charge in [-0.3, -0.25) is 20.4 Å². The number of amides is 2. The summed E-state index contributed by atoms with van der Waals surface area (Å²) in [7, 11) is 0. The van der Waals surface area contributed by atoms with Gasteiger partial charge in [-0.2, -0.15) is 0 Å². The van der Waals surface area contributed by atoms with Gasteiger partial charge in [0.05, 0.1) is 0 Å². The number of carbonyl (C=O) groups is 2. The molecule has 120 valence electrons. The maximum absolute atomic E-state index is 11.6. The van der Waals surface area contributed by atoms with E-state index in [-0.39, 0.29) is 23.5 Å². The van der Waals surface area contributed by atoms with Gasteiger partial charge in [-0.05, 0) is 42.8 Å². The van der Waals surface area contributed by atoms with Crippen LogP contribution in [0.25, 0.3) is 0 Å². The number of thiocarbonyl (C=S) groups is 1. The summed E-state index contributed by atoms with van der Waals surface area (Å²) in [5.74, 6) is 0.253. The second-order valence-electron chi connectivity index (χ2n) is 5.25. The fourth-order valence-corrected chi connectivity index (χ4v) is 1.76. The first kappa shape index (κ1) is 17.9. The first-order valence-electron chi connectivity index (χ1n) is 6.95. The minimum Gasteiger partial charge on any atom is -0.484 e. The number of hydrazine groups is 1. The van der Waals surface area contributed by atoms with Crippen LogP contribution in [0.4, 0.5) is 0 Å². The van der Waals surface area contributed by atoms with Gasteiger partial charge in [-0.25, -0.2) is 0 Å². The number of hydrogen-bond acceptors (Lipinski definition) is 4. The molecule has 0 bridgehead atoms. The van der Waals surface area contributed by atoms with Crippen molar-refractivity contribution in [1.82, 2.24) is 16.2 Å². The molecule has 0 saturated carbocycles. The first-order valence-corrected chi connectivity index (χ1v) is 7.35. The fraction of sp³-hybridized carbons (Fsp3) is 0.400. The molecule has 2 amide bonds. The van der Waals surface area contributed by atoms with Crippen LogP contribution in [-0.2, 0) is 9.59 Å². The normalized spacial score (nSPS) is 10.0. The summed E-state index contributed by atoms with van der Waals surface area (Å²) in [6.45, 7) is 5.65. The van der Waals surface area contributed by atoms with Gasteiger partial charge in [0.1, 0.15) is 5.75 Å². The monoisotopic (exact) mass is 323 g/mol. The smallest absolute Gasteiger partial charge is 0.276 e. The Morgan fingerprint density at radius 2 is 1.95 bits per heavy atom. The maximum Gasteiger partial charge on any atom is 0.276 e. The summed E-state index contributed by atoms with van der Waals surface area (Å²) in [6.07, 6.45) is 0.367. The van der Waals surface area contributed by atoms with Crippen molar-refractivity contribution in [1.29, 1.82) is 0 Å². The van der Waals surface area contributed by atoms with Crippen LogP contribution in [0.15, 0.2) is 24.3 Å². The van der Waals surface area contributed by atoms with E-state index in [0.717, 1.165) is 5.56 Å². The lowest BCUT2D eigenvalue weighted by atomic mass is 10.1. The van der Waals surface area contributed by atoms with E-state index in [1.807, 2.05) is 39.0 Å². The van der Waals surface area contributed by atoms with E-state index in [1.54, 1.807) is 6.07 Å². The molecule has 7 heteroatoms. The van der Waals surface area contributed by atoms with Crippen LogP contribution in [0.2, 0.25) is 0 Å². The minimum atomic E-state index is -0.401. The summed E-state index contributed by atoms with van der Waals surface area (Å²) in [5.41, 5.74) is 5.86. The highest BCUT2D eigenvalue weighted by Gasteiger charge is 2.08. The van der Waals surface area contributed by atoms with E-state index in [0.29, 0.717) is 12.2 Å². The minimum absolute atomic E-state index is 0.0505. The third-order valence-corrected chi connectivity index (χ3v) is 2.73. The molecule has 0 radical (unpaired) electrons. The molecule has 0 fully saturated rings. The van der Waals surface area contributed by atoms with E-state index >= 15 is 0 Å². The predicted octanol–water partition coefficient (Wildman–Crippen LogP) is 1.44. The van der Waals surface area contributed by atoms with E-state index < -0.39 is 5.91 Å². The summed E-state index contributed by atoms with van der Waals surface area (Å²) >= 11 is 4.90. The molecule has 3 N–H and O–H groups in total. The molecule has 0 aliphatic carbocycles. The molecule has 0 spiro atoms. The molecule has 1 rings (SSSR count). The Labute approximate surface area is 135 Å². The molecule has 1 aromatic carbocycles. The second kappa shape index (κ2) is 8.99. The summed E-state index contributed by atoms with van der Waals surface area (Å²) in [4.78, 5) is 23.1. The maximum atomic E-state index is 11.6. The van der Waals surface area contributed by atoms with Crippen LogP contribution >= 0.6 is 12.2 Å². The van der Waals surface area contributed by atoms with Crippen molar-refractivity contribution in [2.45, 2.75) is 27.2 Å². The Morgan fingerprint density at radius 3 is 2.59 bits per heavy atom. The van der Waals surface area contributed by atoms with Crippen LogP contribution < -0.4 is 20.9 Å². The molecular weight excluding hydrogens is 302 g/mol. The van der Waals surface area contributed by atoms with Crippen molar-refractivity contribution >= 4 is 29.1 Å². The zero-order valence-corrected chi connectivity index (χ0v) is 13.8. The number of rotatable bonds is 5. The lowest BCUT2D eigenvalue weighted by Crippen LogP contribution is -2.49. The topological polar surface area (TPSA) is 79.5 Å². The number of nitrogens with one attached hydrogen (secondary N) is 3. The van der Waals surface area contributed by atoms with Crippen molar-refractivity contribution in [3.8, 4) is 5.75 Å². The Kier molecular flexibility index (Phi) is 7.31. The number of carbonyl (C=O) groups excluding carboxylic acids is 2. The highest BCUT2D eigenvalue weighted by atomic mass is 32.1. The van der Waals surface area contributed by atoms with Crippen molar-refractivity contribution in [2.75, 3.05) is 6.61 Å². The van der Waals surface area contributed by atoms with Gasteiger partial charge in [0.2, 0.25) is 5.91 Å². The van der Waals surface area contributed by atoms with Crippen molar-refractivity contribution in [2.24, 2.45) is 5.92 Å². The Balaban J connectivity index is 2.25. The molecule has 0 heterocycles. The van der Waals surface area contributed by atoms with Crippen LogP contribution in [0, 0.1) is 12.8 Å². The quantitative estimate of drug-likeness (QED) is 0.564. The van der Waals surface area contributed by atoms with E-state index in [4.69, 9.17) is 17.0 Å². The third kappa shape index (κ3) is 7.58. The average Bonchev–Trinajstić information content (AvgIpc) is 2.42. The molecule has 6 nitrogen and oxygen atoms in total. The summed E-state index contributed by atoms with van der Waals surface area (Å²) < 4.78 is 5.33. The molecule has 1 aromatic rings. The number of hydrogen-bond donors (Lipinski definition) is 3. The number of ether oxygens (including phenoxy) is 1. The molecule has 0 aromatic heterocycles. The standard InChI is InChI=1S/C15H21N3O3S/c1-10(2)7-13(19)16-15(22)18-17-14(20)9-21-12-6-4-5-11(3)8-12/h4-6,8,10H,7,9H2,1-3H3,(H,17,20)(H2,16,18,19,22). The highest BCUT2D eigenvalue weighted by molar-refractivity contribution is 7.80. The van der Waals surface area contributed by atoms with Gasteiger partial charge in [-0.1, -0.05) is 26.0 Å². The Hall–Kier alpha value is -2.15. The average molecular weight is 323 g/mol. The van der Waals surface area contributed by atoms with Crippen LogP contribution in [0.5, 0.6) is 5.75 Å². The zero-order chi connectivity index (χ0) is 16.5. The molecule has 22 heavy (non-hydrogen) atoms. The van der Waals surface area contributed by atoms with Gasteiger partial charge < -0.3 is 10.1 Å². The molecule has 0 saturated heterocycles. The van der Waals surface area contributed by atoms with Crippen LogP contribution in [-0.4, -0.2) is 23.5 Å². The second-order valence-corrected chi connectivity index (χ2v) is 5.66. The van der Waals surface area contributed by atoms with E-state index in [9.17, 15) is 9.59 Å². The summed E-state index contributed by atoms with van der Waals surface area (Å²) in [6, 6.07) is 7.38. The Morgan fingerprint density at radius 1 is 1.23 bits per heavy atom. The largest absolute Gasteiger partial charge is 0.484 e. The van der Waals surface area contributed by atoms with E-state index in [2.05, 4.69) is 16.2 Å². The zero-order valence-electron chi connectivity index (χ0n) is 12.9. The van der Waals surface area contributed by atoms with Gasteiger partial charge >= 0.3 is 0 Å². The molecule has 0 atom stereocenters. The SMILES string of the molecule is Cc1cccc(OCC(=O)NNC(=S)NC(=O)CC(C)C)c1. The summed E-state index contributed by atoms with van der Waals surface area (Å²) in [5, 5.41) is 2.52. The van der Waals surface area contributed by atoms with Crippen LogP contribution in [0.1, 0.15) is 25.8 Å². The highest BCUT2D eigenvalue weighted by Crippen LogP contribution is 2.11. The van der Waals surface area contributed by atoms with Gasteiger partial charge in [0, 0.05) is 6.42 Å². The van der Waals surface area contributed by atoms with Gasteiger partial charge in [0.15, 0.2) is 11.7 Å². The van der Waals surface area contributed by atoms with Crippen molar-refractivity contribution in [3.63, 3.8) is 0 Å². The molecule has 0 unspecified atom stereocenters. The first-order chi connectivity index (χ1) is 10.4. The molecule has 0 aliphatic rings. The third-order valence-electron chi connectivity index (χ3n) is 2.52. The Bertz CT molecular complexity index is 547. The number of aryl methyl sites for hydroxylation is 1. The van der Waals surface area contributed by atoms with Crippen molar-refractivity contribution < 1.29 is 14.3 Å². The van der Waals surface area contributed by atoms with Crippen molar-refractivity contribution in [3.05, 3.63) is 29.8 Å². The van der Waals surface area contributed by atoms with Gasteiger partial charge in [0.25, 0.3) is 5.91 Å². The van der Waals surface area contributed by atoms with Crippen LogP contribution in [0.3, 0.4) is 0 Å². The molecule has 0 aliphatic heterocycles.